The Kier molecular flexibility index (Phi) is 4.12. The topological polar surface area (TPSA) is 17.8 Å². The lowest BCUT2D eigenvalue weighted by Crippen LogP contribution is -2.09. The van der Waals surface area contributed by atoms with Crippen molar-refractivity contribution in [2.24, 2.45) is 5.41 Å². The maximum atomic E-state index is 4.96. The molecule has 2 nitrogen and oxygen atoms in total. The summed E-state index contributed by atoms with van der Waals surface area (Å²) in [7, 11) is 0. The Morgan fingerprint density at radius 2 is 1.46 bits per heavy atom. The van der Waals surface area contributed by atoms with Gasteiger partial charge in [0, 0.05) is 11.3 Å². The summed E-state index contributed by atoms with van der Waals surface area (Å²) in [5, 5.41) is 0. The van der Waals surface area contributed by atoms with Crippen LogP contribution in [0.3, 0.4) is 0 Å². The second kappa shape index (κ2) is 6.45. The zero-order valence-corrected chi connectivity index (χ0v) is 15.6. The Morgan fingerprint density at radius 3 is 2.12 bits per heavy atom. The summed E-state index contributed by atoms with van der Waals surface area (Å²) in [4.78, 5) is 4.96. The maximum absolute atomic E-state index is 4.96. The highest BCUT2D eigenvalue weighted by Gasteiger charge is 2.16. The third-order valence-electron chi connectivity index (χ3n) is 4.50. The number of nitrogens with zero attached hydrogens (tertiary/aromatic N) is 2. The first-order valence-electron chi connectivity index (χ1n) is 9.13. The fourth-order valence-corrected chi connectivity index (χ4v) is 3.46. The molecule has 4 rings (SSSR count). The van der Waals surface area contributed by atoms with Crippen molar-refractivity contribution in [2.45, 2.75) is 27.2 Å². The van der Waals surface area contributed by atoms with Gasteiger partial charge in [0.05, 0.1) is 11.0 Å². The molecule has 1 aromatic heterocycles. The Labute approximate surface area is 155 Å². The minimum atomic E-state index is 0.257. The zero-order valence-electron chi connectivity index (χ0n) is 15.6. The molecule has 0 amide bonds. The molecule has 0 bridgehead atoms. The summed E-state index contributed by atoms with van der Waals surface area (Å²) in [5.41, 5.74) is 6.07. The predicted octanol–water partition coefficient (Wildman–Crippen LogP) is 6.28. The lowest BCUT2D eigenvalue weighted by Gasteiger charge is -2.18. The minimum absolute atomic E-state index is 0.257. The molecule has 0 saturated carbocycles. The van der Waals surface area contributed by atoms with E-state index in [1.54, 1.807) is 0 Å². The number of para-hydroxylation sites is 1. The second-order valence-electron chi connectivity index (χ2n) is 8.03. The van der Waals surface area contributed by atoms with Crippen LogP contribution in [0.15, 0.2) is 78.9 Å². The average molecular weight is 340 g/mol. The molecular formula is C24H24N2. The van der Waals surface area contributed by atoms with Gasteiger partial charge < -0.3 is 0 Å². The van der Waals surface area contributed by atoms with Crippen LogP contribution in [-0.2, 0) is 6.42 Å². The van der Waals surface area contributed by atoms with E-state index in [4.69, 9.17) is 4.98 Å². The van der Waals surface area contributed by atoms with E-state index >= 15 is 0 Å². The van der Waals surface area contributed by atoms with Gasteiger partial charge in [0.2, 0.25) is 0 Å². The summed E-state index contributed by atoms with van der Waals surface area (Å²) < 4.78 is 2.27. The molecule has 0 aliphatic heterocycles. The van der Waals surface area contributed by atoms with Crippen molar-refractivity contribution in [1.29, 1.82) is 0 Å². The van der Waals surface area contributed by atoms with Gasteiger partial charge >= 0.3 is 0 Å². The van der Waals surface area contributed by atoms with Crippen molar-refractivity contribution in [1.82, 2.24) is 9.55 Å². The van der Waals surface area contributed by atoms with Crippen molar-refractivity contribution in [3.63, 3.8) is 0 Å². The zero-order chi connectivity index (χ0) is 18.1. The van der Waals surface area contributed by atoms with E-state index in [9.17, 15) is 0 Å². The van der Waals surface area contributed by atoms with Gasteiger partial charge in [0.25, 0.3) is 0 Å². The number of hydrogen-bond acceptors (Lipinski definition) is 1. The molecule has 0 N–H and O–H groups in total. The van der Waals surface area contributed by atoms with E-state index < -0.39 is 0 Å². The van der Waals surface area contributed by atoms with Crippen LogP contribution >= 0.6 is 0 Å². The highest BCUT2D eigenvalue weighted by Crippen LogP contribution is 2.30. The van der Waals surface area contributed by atoms with Crippen LogP contribution in [0, 0.1) is 5.41 Å². The Morgan fingerprint density at radius 1 is 0.808 bits per heavy atom. The standard InChI is InChI=1S/C24H24N2/c1-24(2,3)17-18-14-15-21-22(16-18)26(20-12-8-5-9-13-20)23(25-21)19-10-6-4-7-11-19/h4-16H,17H2,1-3H3. The van der Waals surface area contributed by atoms with Crippen LogP contribution in [0.2, 0.25) is 0 Å². The number of hydrogen-bond donors (Lipinski definition) is 0. The van der Waals surface area contributed by atoms with Gasteiger partial charge in [-0.05, 0) is 41.7 Å². The largest absolute Gasteiger partial charge is 0.292 e. The molecule has 0 aliphatic rings. The smallest absolute Gasteiger partial charge is 0.145 e. The minimum Gasteiger partial charge on any atom is -0.292 e. The molecular weight excluding hydrogens is 316 g/mol. The van der Waals surface area contributed by atoms with Crippen LogP contribution in [0.1, 0.15) is 26.3 Å². The summed E-state index contributed by atoms with van der Waals surface area (Å²) >= 11 is 0. The van der Waals surface area contributed by atoms with E-state index in [1.165, 1.54) is 5.56 Å². The van der Waals surface area contributed by atoms with Gasteiger partial charge in [0.15, 0.2) is 0 Å². The first-order valence-corrected chi connectivity index (χ1v) is 9.13. The van der Waals surface area contributed by atoms with E-state index in [0.29, 0.717) is 0 Å². The van der Waals surface area contributed by atoms with Gasteiger partial charge in [-0.1, -0.05) is 75.4 Å². The van der Waals surface area contributed by atoms with E-state index in [0.717, 1.165) is 34.5 Å². The number of aromatic nitrogens is 2. The maximum Gasteiger partial charge on any atom is 0.145 e. The highest BCUT2D eigenvalue weighted by molar-refractivity contribution is 5.83. The number of rotatable bonds is 3. The van der Waals surface area contributed by atoms with E-state index in [2.05, 4.69) is 98.1 Å². The molecule has 0 unspecified atom stereocenters. The normalized spacial score (nSPS) is 11.8. The molecule has 3 aromatic carbocycles. The lowest BCUT2D eigenvalue weighted by atomic mass is 9.88. The third-order valence-corrected chi connectivity index (χ3v) is 4.50. The van der Waals surface area contributed by atoms with Gasteiger partial charge in [-0.2, -0.15) is 0 Å². The van der Waals surface area contributed by atoms with Gasteiger partial charge in [-0.3, -0.25) is 4.57 Å². The summed E-state index contributed by atoms with van der Waals surface area (Å²) in [6.45, 7) is 6.84. The fraction of sp³-hybridized carbons (Fsp3) is 0.208. The number of fused-ring (bicyclic) bond motifs is 1. The van der Waals surface area contributed by atoms with Crippen molar-refractivity contribution < 1.29 is 0 Å². The molecule has 0 fully saturated rings. The summed E-state index contributed by atoms with van der Waals surface area (Å²) in [6, 6.07) is 27.6. The van der Waals surface area contributed by atoms with Crippen molar-refractivity contribution in [3.05, 3.63) is 84.4 Å². The van der Waals surface area contributed by atoms with Gasteiger partial charge in [-0.25, -0.2) is 4.98 Å². The lowest BCUT2D eigenvalue weighted by molar-refractivity contribution is 0.411. The Hall–Kier alpha value is -2.87. The highest BCUT2D eigenvalue weighted by atomic mass is 15.1. The fourth-order valence-electron chi connectivity index (χ4n) is 3.46. The molecule has 4 aromatic rings. The number of imidazole rings is 1. The molecule has 2 heteroatoms. The van der Waals surface area contributed by atoms with Gasteiger partial charge in [-0.15, -0.1) is 0 Å². The van der Waals surface area contributed by atoms with E-state index in [-0.39, 0.29) is 5.41 Å². The van der Waals surface area contributed by atoms with Crippen molar-refractivity contribution in [2.75, 3.05) is 0 Å². The predicted molar refractivity (Wildman–Crippen MR) is 110 cm³/mol. The molecule has 130 valence electrons. The molecule has 0 saturated heterocycles. The van der Waals surface area contributed by atoms with E-state index in [1.807, 2.05) is 6.07 Å². The van der Waals surface area contributed by atoms with Crippen LogP contribution in [-0.4, -0.2) is 9.55 Å². The molecule has 0 atom stereocenters. The quantitative estimate of drug-likeness (QED) is 0.429. The monoisotopic (exact) mass is 340 g/mol. The first-order chi connectivity index (χ1) is 12.5. The van der Waals surface area contributed by atoms with Gasteiger partial charge in [0.1, 0.15) is 5.82 Å². The van der Waals surface area contributed by atoms with Crippen LogP contribution < -0.4 is 0 Å². The van der Waals surface area contributed by atoms with Crippen molar-refractivity contribution >= 4 is 11.0 Å². The summed E-state index contributed by atoms with van der Waals surface area (Å²) in [6.07, 6.45) is 1.05. The summed E-state index contributed by atoms with van der Waals surface area (Å²) in [5.74, 6) is 0.986. The second-order valence-corrected chi connectivity index (χ2v) is 8.03. The molecule has 0 aliphatic carbocycles. The third kappa shape index (κ3) is 3.28. The molecule has 0 spiro atoms. The number of benzene rings is 3. The van der Waals surface area contributed by atoms with Crippen LogP contribution in [0.5, 0.6) is 0 Å². The molecule has 0 radical (unpaired) electrons. The molecule has 26 heavy (non-hydrogen) atoms. The van der Waals surface area contributed by atoms with Crippen LogP contribution in [0.4, 0.5) is 0 Å². The van der Waals surface area contributed by atoms with Crippen LogP contribution in [0.25, 0.3) is 28.1 Å². The Bertz CT molecular complexity index is 1020. The molecule has 1 heterocycles. The van der Waals surface area contributed by atoms with Crippen molar-refractivity contribution in [3.8, 4) is 17.1 Å². The Balaban J connectivity index is 1.97. The first kappa shape index (κ1) is 16.6. The SMILES string of the molecule is CC(C)(C)Cc1ccc2nc(-c3ccccc3)n(-c3ccccc3)c2c1. The average Bonchev–Trinajstić information content (AvgIpc) is 3.00.